The Morgan fingerprint density at radius 3 is 2.41 bits per heavy atom. The summed E-state index contributed by atoms with van der Waals surface area (Å²) in [6.07, 6.45) is 1.91. The maximum absolute atomic E-state index is 10.5. The molecule has 0 unspecified atom stereocenters. The Morgan fingerprint density at radius 2 is 1.74 bits per heavy atom. The number of para-hydroxylation sites is 2. The highest BCUT2D eigenvalue weighted by Crippen LogP contribution is 2.25. The van der Waals surface area contributed by atoms with Gasteiger partial charge in [-0.1, -0.05) is 38.1 Å². The molecule has 0 saturated heterocycles. The van der Waals surface area contributed by atoms with Gasteiger partial charge in [0.1, 0.15) is 17.2 Å². The van der Waals surface area contributed by atoms with E-state index in [2.05, 4.69) is 41.6 Å². The maximum atomic E-state index is 10.5. The molecule has 0 aliphatic carbocycles. The molecule has 0 saturated carbocycles. The first-order valence-electron chi connectivity index (χ1n) is 9.77. The van der Waals surface area contributed by atoms with Crippen LogP contribution in [0.1, 0.15) is 57.8 Å². The summed E-state index contributed by atoms with van der Waals surface area (Å²) < 4.78 is 8.00. The molecule has 0 bridgehead atoms. The molecule has 1 aromatic heterocycles. The van der Waals surface area contributed by atoms with Gasteiger partial charge in [0.05, 0.1) is 17.6 Å². The molecule has 3 aromatic rings. The third kappa shape index (κ3) is 4.69. The fourth-order valence-electron chi connectivity index (χ4n) is 3.28. The second kappa shape index (κ2) is 8.13. The van der Waals surface area contributed by atoms with Gasteiger partial charge >= 0.3 is 0 Å². The van der Waals surface area contributed by atoms with E-state index in [-0.39, 0.29) is 0 Å². The van der Waals surface area contributed by atoms with Gasteiger partial charge in [-0.15, -0.1) is 0 Å². The number of aryl methyl sites for hydroxylation is 1. The largest absolute Gasteiger partial charge is 0.494 e. The smallest absolute Gasteiger partial charge is 0.141 e. The number of fused-ring (bicyclic) bond motifs is 1. The molecule has 0 radical (unpaired) electrons. The van der Waals surface area contributed by atoms with Crippen molar-refractivity contribution < 1.29 is 9.84 Å². The quantitative estimate of drug-likeness (QED) is 0.554. The number of hydrogen-bond donors (Lipinski definition) is 1. The lowest BCUT2D eigenvalue weighted by Gasteiger charge is -2.19. The molecule has 2 aromatic carbocycles. The number of aliphatic hydroxyl groups is 1. The van der Waals surface area contributed by atoms with Crippen LogP contribution in [0.5, 0.6) is 5.75 Å². The molecule has 4 nitrogen and oxygen atoms in total. The lowest BCUT2D eigenvalue weighted by Crippen LogP contribution is -2.22. The zero-order valence-corrected chi connectivity index (χ0v) is 16.8. The minimum Gasteiger partial charge on any atom is -0.494 e. The number of benzene rings is 2. The number of nitrogens with zero attached hydrogens (tertiary/aromatic N) is 2. The van der Waals surface area contributed by atoms with E-state index in [9.17, 15) is 5.11 Å². The van der Waals surface area contributed by atoms with Crippen LogP contribution in [0.25, 0.3) is 11.0 Å². The third-order valence-electron chi connectivity index (χ3n) is 4.79. The molecule has 0 spiro atoms. The van der Waals surface area contributed by atoms with Gasteiger partial charge in [0.2, 0.25) is 0 Å². The van der Waals surface area contributed by atoms with Crippen LogP contribution in [0.15, 0.2) is 48.5 Å². The summed E-state index contributed by atoms with van der Waals surface area (Å²) >= 11 is 0. The normalized spacial score (nSPS) is 12.1. The van der Waals surface area contributed by atoms with Crippen LogP contribution in [0.2, 0.25) is 0 Å². The number of ether oxygens (including phenoxy) is 1. The molecular formula is C23H30N2O2. The third-order valence-corrected chi connectivity index (χ3v) is 4.79. The Kier molecular flexibility index (Phi) is 5.85. The second-order valence-electron chi connectivity index (χ2n) is 7.91. The Hall–Kier alpha value is -2.33. The first kappa shape index (κ1) is 19.4. The van der Waals surface area contributed by atoms with E-state index in [4.69, 9.17) is 4.74 Å². The molecule has 0 aliphatic rings. The van der Waals surface area contributed by atoms with Crippen molar-refractivity contribution in [3.8, 4) is 5.75 Å². The van der Waals surface area contributed by atoms with Gasteiger partial charge in [-0.05, 0) is 62.4 Å². The highest BCUT2D eigenvalue weighted by Gasteiger charge is 2.24. The summed E-state index contributed by atoms with van der Waals surface area (Å²) in [6.45, 7) is 9.46. The molecule has 1 N–H and O–H groups in total. The summed E-state index contributed by atoms with van der Waals surface area (Å²) in [7, 11) is 0. The minimum absolute atomic E-state index is 0.536. The predicted octanol–water partition coefficient (Wildman–Crippen LogP) is 5.25. The molecule has 0 aliphatic heterocycles. The first-order valence-corrected chi connectivity index (χ1v) is 9.77. The Balaban J connectivity index is 1.57. The number of imidazole rings is 1. The van der Waals surface area contributed by atoms with E-state index < -0.39 is 5.60 Å². The highest BCUT2D eigenvalue weighted by molar-refractivity contribution is 5.76. The zero-order valence-electron chi connectivity index (χ0n) is 16.8. The number of hydrogen-bond acceptors (Lipinski definition) is 3. The Labute approximate surface area is 161 Å². The molecule has 1 heterocycles. The van der Waals surface area contributed by atoms with Crippen LogP contribution in [0.3, 0.4) is 0 Å². The molecule has 0 atom stereocenters. The molecule has 4 heteroatoms. The van der Waals surface area contributed by atoms with E-state index in [1.165, 1.54) is 5.56 Å². The molecule has 144 valence electrons. The number of rotatable bonds is 8. The first-order chi connectivity index (χ1) is 12.9. The second-order valence-corrected chi connectivity index (χ2v) is 7.91. The predicted molar refractivity (Wildman–Crippen MR) is 110 cm³/mol. The van der Waals surface area contributed by atoms with Crippen molar-refractivity contribution in [2.45, 2.75) is 58.6 Å². The average Bonchev–Trinajstić information content (AvgIpc) is 3.01. The summed E-state index contributed by atoms with van der Waals surface area (Å²) in [5.41, 5.74) is 2.36. The van der Waals surface area contributed by atoms with Crippen molar-refractivity contribution in [2.75, 3.05) is 6.61 Å². The van der Waals surface area contributed by atoms with Gasteiger partial charge in [0.15, 0.2) is 0 Å². The Morgan fingerprint density at radius 1 is 1.04 bits per heavy atom. The van der Waals surface area contributed by atoms with Crippen molar-refractivity contribution in [2.24, 2.45) is 0 Å². The fraction of sp³-hybridized carbons (Fsp3) is 0.435. The van der Waals surface area contributed by atoms with Gasteiger partial charge in [-0.3, -0.25) is 0 Å². The number of aromatic nitrogens is 2. The fourth-order valence-corrected chi connectivity index (χ4v) is 3.28. The van der Waals surface area contributed by atoms with E-state index >= 15 is 0 Å². The topological polar surface area (TPSA) is 47.3 Å². The minimum atomic E-state index is -0.965. The van der Waals surface area contributed by atoms with Crippen LogP contribution >= 0.6 is 0 Å². The number of unbranched alkanes of at least 4 members (excludes halogenated alkanes) is 1. The van der Waals surface area contributed by atoms with E-state index in [1.807, 2.05) is 30.3 Å². The average molecular weight is 367 g/mol. The van der Waals surface area contributed by atoms with Crippen molar-refractivity contribution >= 4 is 11.0 Å². The summed E-state index contributed by atoms with van der Waals surface area (Å²) in [5, 5.41) is 10.5. The van der Waals surface area contributed by atoms with Crippen LogP contribution in [-0.2, 0) is 12.1 Å². The summed E-state index contributed by atoms with van der Waals surface area (Å²) in [5.74, 6) is 2.17. The Bertz CT molecular complexity index is 874. The lowest BCUT2D eigenvalue weighted by atomic mass is 10.0. The van der Waals surface area contributed by atoms with E-state index in [0.29, 0.717) is 18.3 Å². The van der Waals surface area contributed by atoms with Gasteiger partial charge in [0.25, 0.3) is 0 Å². The van der Waals surface area contributed by atoms with Crippen LogP contribution < -0.4 is 4.74 Å². The molecule has 27 heavy (non-hydrogen) atoms. The van der Waals surface area contributed by atoms with Crippen LogP contribution in [-0.4, -0.2) is 21.3 Å². The van der Waals surface area contributed by atoms with E-state index in [1.54, 1.807) is 13.8 Å². The highest BCUT2D eigenvalue weighted by atomic mass is 16.5. The zero-order chi connectivity index (χ0) is 19.4. The lowest BCUT2D eigenvalue weighted by molar-refractivity contribution is 0.0650. The van der Waals surface area contributed by atoms with E-state index in [0.717, 1.165) is 36.2 Å². The SMILES string of the molecule is CC(C)c1ccc(OCCCCn2c(C(C)(C)O)nc3ccccc32)cc1. The van der Waals surface area contributed by atoms with Crippen molar-refractivity contribution in [1.29, 1.82) is 0 Å². The van der Waals surface area contributed by atoms with Gasteiger partial charge in [-0.25, -0.2) is 4.98 Å². The maximum Gasteiger partial charge on any atom is 0.141 e. The van der Waals surface area contributed by atoms with Crippen molar-refractivity contribution in [1.82, 2.24) is 9.55 Å². The standard InChI is InChI=1S/C23H30N2O2/c1-17(2)18-11-13-19(14-12-18)27-16-8-7-15-25-21-10-6-5-9-20(21)24-22(25)23(3,4)26/h5-6,9-14,17,26H,7-8,15-16H2,1-4H3. The van der Waals surface area contributed by atoms with Crippen molar-refractivity contribution in [3.63, 3.8) is 0 Å². The molecule has 0 amide bonds. The van der Waals surface area contributed by atoms with Crippen LogP contribution in [0, 0.1) is 0 Å². The van der Waals surface area contributed by atoms with Gasteiger partial charge < -0.3 is 14.4 Å². The molecular weight excluding hydrogens is 336 g/mol. The van der Waals surface area contributed by atoms with Crippen LogP contribution in [0.4, 0.5) is 0 Å². The molecule has 3 rings (SSSR count). The van der Waals surface area contributed by atoms with Gasteiger partial charge in [-0.2, -0.15) is 0 Å². The van der Waals surface area contributed by atoms with Crippen molar-refractivity contribution in [3.05, 3.63) is 59.9 Å². The molecule has 0 fully saturated rings. The van der Waals surface area contributed by atoms with Gasteiger partial charge in [0, 0.05) is 6.54 Å². The summed E-state index contributed by atoms with van der Waals surface area (Å²) in [4.78, 5) is 4.63. The monoisotopic (exact) mass is 366 g/mol. The summed E-state index contributed by atoms with van der Waals surface area (Å²) in [6, 6.07) is 16.4.